The van der Waals surface area contributed by atoms with Crippen LogP contribution in [-0.2, 0) is 0 Å². The lowest BCUT2D eigenvalue weighted by molar-refractivity contribution is 0.344. The third-order valence-electron chi connectivity index (χ3n) is 4.11. The maximum absolute atomic E-state index is 3.60. The molecule has 15 heavy (non-hydrogen) atoms. The van der Waals surface area contributed by atoms with E-state index in [0.717, 1.165) is 17.8 Å². The molecule has 0 radical (unpaired) electrons. The van der Waals surface area contributed by atoms with Gasteiger partial charge in [0.2, 0.25) is 0 Å². The highest BCUT2D eigenvalue weighted by atomic mass is 14.9. The summed E-state index contributed by atoms with van der Waals surface area (Å²) < 4.78 is 0. The van der Waals surface area contributed by atoms with Crippen LogP contribution in [0, 0.1) is 17.8 Å². The molecule has 0 aromatic carbocycles. The lowest BCUT2D eigenvalue weighted by Gasteiger charge is -2.22. The Morgan fingerprint density at radius 3 is 2.67 bits per heavy atom. The Morgan fingerprint density at radius 2 is 2.00 bits per heavy atom. The van der Waals surface area contributed by atoms with Crippen molar-refractivity contribution in [3.05, 3.63) is 0 Å². The van der Waals surface area contributed by atoms with Crippen LogP contribution in [0.15, 0.2) is 0 Å². The van der Waals surface area contributed by atoms with Crippen LogP contribution in [0.3, 0.4) is 0 Å². The molecule has 0 spiro atoms. The van der Waals surface area contributed by atoms with Gasteiger partial charge in [0.05, 0.1) is 0 Å². The normalized spacial score (nSPS) is 31.8. The molecular formula is C13H26N2. The van der Waals surface area contributed by atoms with Crippen molar-refractivity contribution < 1.29 is 0 Å². The molecule has 2 fully saturated rings. The fourth-order valence-corrected chi connectivity index (χ4v) is 2.66. The fraction of sp³-hybridized carbons (Fsp3) is 1.00. The SMILES string of the molecule is CC1CC1CNCCCC1CCNCC1. The van der Waals surface area contributed by atoms with Gasteiger partial charge in [-0.25, -0.2) is 0 Å². The van der Waals surface area contributed by atoms with Gasteiger partial charge in [-0.05, 0) is 76.0 Å². The van der Waals surface area contributed by atoms with Crippen molar-refractivity contribution in [1.29, 1.82) is 0 Å². The van der Waals surface area contributed by atoms with E-state index in [2.05, 4.69) is 17.6 Å². The van der Waals surface area contributed by atoms with Crippen molar-refractivity contribution in [2.24, 2.45) is 17.8 Å². The third kappa shape index (κ3) is 4.12. The van der Waals surface area contributed by atoms with E-state index in [-0.39, 0.29) is 0 Å². The lowest BCUT2D eigenvalue weighted by atomic mass is 9.93. The monoisotopic (exact) mass is 210 g/mol. The van der Waals surface area contributed by atoms with Gasteiger partial charge in [-0.15, -0.1) is 0 Å². The van der Waals surface area contributed by atoms with E-state index < -0.39 is 0 Å². The Hall–Kier alpha value is -0.0800. The van der Waals surface area contributed by atoms with Crippen LogP contribution < -0.4 is 10.6 Å². The highest BCUT2D eigenvalue weighted by Crippen LogP contribution is 2.36. The zero-order valence-corrected chi connectivity index (χ0v) is 10.1. The van der Waals surface area contributed by atoms with Gasteiger partial charge in [0.1, 0.15) is 0 Å². The van der Waals surface area contributed by atoms with Crippen molar-refractivity contribution in [3.63, 3.8) is 0 Å². The van der Waals surface area contributed by atoms with Crippen LogP contribution in [0.5, 0.6) is 0 Å². The lowest BCUT2D eigenvalue weighted by Crippen LogP contribution is -2.28. The second-order valence-electron chi connectivity index (χ2n) is 5.51. The van der Waals surface area contributed by atoms with Gasteiger partial charge in [-0.3, -0.25) is 0 Å². The molecule has 1 aliphatic heterocycles. The molecule has 0 bridgehead atoms. The van der Waals surface area contributed by atoms with Gasteiger partial charge in [0.15, 0.2) is 0 Å². The summed E-state index contributed by atoms with van der Waals surface area (Å²) in [6, 6.07) is 0. The average Bonchev–Trinajstić information content (AvgIpc) is 2.96. The molecule has 2 unspecified atom stereocenters. The summed E-state index contributed by atoms with van der Waals surface area (Å²) in [7, 11) is 0. The van der Waals surface area contributed by atoms with Crippen LogP contribution in [0.1, 0.15) is 39.0 Å². The Labute approximate surface area is 94.2 Å². The summed E-state index contributed by atoms with van der Waals surface area (Å²) in [4.78, 5) is 0. The molecule has 2 aliphatic rings. The maximum atomic E-state index is 3.60. The van der Waals surface area contributed by atoms with Gasteiger partial charge in [-0.2, -0.15) is 0 Å². The number of hydrogen-bond donors (Lipinski definition) is 2. The topological polar surface area (TPSA) is 24.1 Å². The molecule has 1 aliphatic carbocycles. The molecule has 88 valence electrons. The molecule has 2 nitrogen and oxygen atoms in total. The number of nitrogens with one attached hydrogen (secondary N) is 2. The predicted octanol–water partition coefficient (Wildman–Crippen LogP) is 2.01. The van der Waals surface area contributed by atoms with Crippen molar-refractivity contribution in [2.75, 3.05) is 26.2 Å². The molecular weight excluding hydrogens is 184 g/mol. The Balaban J connectivity index is 1.41. The number of piperidine rings is 1. The van der Waals surface area contributed by atoms with E-state index in [4.69, 9.17) is 0 Å². The smallest absolute Gasteiger partial charge is 0.00179 e. The molecule has 2 heteroatoms. The minimum atomic E-state index is 1.00. The standard InChI is InChI=1S/C13H26N2/c1-11-9-13(11)10-15-6-2-3-12-4-7-14-8-5-12/h11-15H,2-10H2,1H3. The van der Waals surface area contributed by atoms with Gasteiger partial charge in [0.25, 0.3) is 0 Å². The highest BCUT2D eigenvalue weighted by molar-refractivity contribution is 4.83. The van der Waals surface area contributed by atoms with Crippen molar-refractivity contribution in [3.8, 4) is 0 Å². The van der Waals surface area contributed by atoms with Crippen molar-refractivity contribution in [1.82, 2.24) is 10.6 Å². The largest absolute Gasteiger partial charge is 0.317 e. The van der Waals surface area contributed by atoms with Crippen LogP contribution in [0.2, 0.25) is 0 Å². The van der Waals surface area contributed by atoms with Gasteiger partial charge >= 0.3 is 0 Å². The molecule has 1 saturated heterocycles. The molecule has 0 aromatic heterocycles. The Morgan fingerprint density at radius 1 is 1.27 bits per heavy atom. The van der Waals surface area contributed by atoms with Crippen LogP contribution >= 0.6 is 0 Å². The molecule has 2 N–H and O–H groups in total. The molecule has 2 atom stereocenters. The fourth-order valence-electron chi connectivity index (χ4n) is 2.66. The molecule has 1 heterocycles. The summed E-state index contributed by atoms with van der Waals surface area (Å²) in [6.07, 6.45) is 7.08. The third-order valence-corrected chi connectivity index (χ3v) is 4.11. The summed E-state index contributed by atoms with van der Waals surface area (Å²) in [5.41, 5.74) is 0. The Bertz CT molecular complexity index is 175. The first-order chi connectivity index (χ1) is 7.36. The quantitative estimate of drug-likeness (QED) is 0.655. The van der Waals surface area contributed by atoms with E-state index in [9.17, 15) is 0 Å². The maximum Gasteiger partial charge on any atom is -0.00179 e. The predicted molar refractivity (Wildman–Crippen MR) is 65.0 cm³/mol. The van der Waals surface area contributed by atoms with E-state index in [1.165, 1.54) is 58.3 Å². The minimum absolute atomic E-state index is 1.00. The zero-order chi connectivity index (χ0) is 10.5. The second kappa shape index (κ2) is 5.86. The summed E-state index contributed by atoms with van der Waals surface area (Å²) in [5.74, 6) is 3.01. The number of rotatable bonds is 6. The minimum Gasteiger partial charge on any atom is -0.317 e. The highest BCUT2D eigenvalue weighted by Gasteiger charge is 2.31. The van der Waals surface area contributed by atoms with E-state index in [1.807, 2.05) is 0 Å². The van der Waals surface area contributed by atoms with Gasteiger partial charge in [-0.1, -0.05) is 6.92 Å². The van der Waals surface area contributed by atoms with Crippen molar-refractivity contribution >= 4 is 0 Å². The summed E-state index contributed by atoms with van der Waals surface area (Å²) >= 11 is 0. The summed E-state index contributed by atoms with van der Waals surface area (Å²) in [6.45, 7) is 7.37. The van der Waals surface area contributed by atoms with Crippen LogP contribution in [-0.4, -0.2) is 26.2 Å². The molecule has 0 aromatic rings. The Kier molecular flexibility index (Phi) is 4.45. The van der Waals surface area contributed by atoms with Gasteiger partial charge < -0.3 is 10.6 Å². The first-order valence-electron chi connectivity index (χ1n) is 6.77. The van der Waals surface area contributed by atoms with Crippen molar-refractivity contribution in [2.45, 2.75) is 39.0 Å². The first kappa shape index (κ1) is 11.4. The second-order valence-corrected chi connectivity index (χ2v) is 5.51. The van der Waals surface area contributed by atoms with E-state index in [0.29, 0.717) is 0 Å². The molecule has 2 rings (SSSR count). The summed E-state index contributed by atoms with van der Waals surface area (Å²) in [5, 5.41) is 7.03. The zero-order valence-electron chi connectivity index (χ0n) is 10.1. The van der Waals surface area contributed by atoms with Crippen LogP contribution in [0.4, 0.5) is 0 Å². The van der Waals surface area contributed by atoms with E-state index >= 15 is 0 Å². The molecule has 0 amide bonds. The first-order valence-corrected chi connectivity index (χ1v) is 6.77. The van der Waals surface area contributed by atoms with E-state index in [1.54, 1.807) is 0 Å². The van der Waals surface area contributed by atoms with Crippen LogP contribution in [0.25, 0.3) is 0 Å². The average molecular weight is 210 g/mol. The molecule has 1 saturated carbocycles. The number of hydrogen-bond acceptors (Lipinski definition) is 2. The van der Waals surface area contributed by atoms with Gasteiger partial charge in [0, 0.05) is 0 Å².